The van der Waals surface area contributed by atoms with E-state index in [-0.39, 0.29) is 21.9 Å². The van der Waals surface area contributed by atoms with E-state index in [4.69, 9.17) is 16.3 Å². The highest BCUT2D eigenvalue weighted by atomic mass is 35.5. The highest BCUT2D eigenvalue weighted by Gasteiger charge is 2.44. The Morgan fingerprint density at radius 3 is 2.32 bits per heavy atom. The number of aromatic hydroxyl groups is 1. The molecule has 0 fully saturated rings. The number of halogens is 4. The number of carbonyl (C=O) groups excluding carboxylic acids is 2. The number of para-hydroxylation sites is 1. The molecule has 1 heterocycles. The molecular weight excluding hydrogens is 549 g/mol. The molecule has 1 aliphatic rings. The smallest absolute Gasteiger partial charge is 0.417 e. The van der Waals surface area contributed by atoms with Gasteiger partial charge in [-0.1, -0.05) is 35.9 Å². The number of sulfonamides is 1. The predicted octanol–water partition coefficient (Wildman–Crippen LogP) is 4.46. The van der Waals surface area contributed by atoms with E-state index in [1.165, 1.54) is 18.2 Å². The topological polar surface area (TPSA) is 104 Å². The maximum atomic E-state index is 13.8. The summed E-state index contributed by atoms with van der Waals surface area (Å²) in [5.41, 5.74) is -1.77. The number of hydrogen-bond donors (Lipinski definition) is 1. The first kappa shape index (κ1) is 27.4. The SMILES string of the molecule is COC(=O)C1CN(C(=O)c2c(Cl)cccc2C(F)(F)F)c2ccccc2CN1S(=O)(=O)c1ccc(O)cc1. The van der Waals surface area contributed by atoms with Crippen molar-refractivity contribution in [1.82, 2.24) is 4.31 Å². The summed E-state index contributed by atoms with van der Waals surface area (Å²) < 4.78 is 74.4. The van der Waals surface area contributed by atoms with Crippen LogP contribution in [0.1, 0.15) is 21.5 Å². The number of fused-ring (bicyclic) bond motifs is 1. The fraction of sp³-hybridized carbons (Fsp3) is 0.200. The van der Waals surface area contributed by atoms with Crippen molar-refractivity contribution >= 4 is 39.2 Å². The van der Waals surface area contributed by atoms with Crippen LogP contribution >= 0.6 is 11.6 Å². The van der Waals surface area contributed by atoms with Gasteiger partial charge in [0.2, 0.25) is 10.0 Å². The molecule has 13 heteroatoms. The first-order valence-corrected chi connectivity index (χ1v) is 12.8. The van der Waals surface area contributed by atoms with Crippen molar-refractivity contribution in [3.8, 4) is 5.75 Å². The molecule has 1 atom stereocenters. The van der Waals surface area contributed by atoms with Crippen LogP contribution in [0.4, 0.5) is 18.9 Å². The molecule has 0 spiro atoms. The maximum Gasteiger partial charge on any atom is 0.417 e. The van der Waals surface area contributed by atoms with Crippen LogP contribution in [-0.4, -0.2) is 49.4 Å². The third-order valence-electron chi connectivity index (χ3n) is 6.01. The molecule has 3 aromatic carbocycles. The summed E-state index contributed by atoms with van der Waals surface area (Å²) in [4.78, 5) is 27.3. The predicted molar refractivity (Wildman–Crippen MR) is 131 cm³/mol. The van der Waals surface area contributed by atoms with Crippen molar-refractivity contribution in [2.45, 2.75) is 23.7 Å². The van der Waals surface area contributed by atoms with E-state index < -0.39 is 63.4 Å². The molecule has 1 N–H and O–H groups in total. The second-order valence-electron chi connectivity index (χ2n) is 8.29. The molecule has 1 unspecified atom stereocenters. The fourth-order valence-corrected chi connectivity index (χ4v) is 5.99. The maximum absolute atomic E-state index is 13.8. The molecule has 0 aromatic heterocycles. The highest BCUT2D eigenvalue weighted by molar-refractivity contribution is 7.89. The highest BCUT2D eigenvalue weighted by Crippen LogP contribution is 2.38. The Hall–Kier alpha value is -3.61. The van der Waals surface area contributed by atoms with Gasteiger partial charge in [0.15, 0.2) is 0 Å². The van der Waals surface area contributed by atoms with Gasteiger partial charge in [-0.25, -0.2) is 8.42 Å². The summed E-state index contributed by atoms with van der Waals surface area (Å²) >= 11 is 6.07. The average molecular weight is 569 g/mol. The van der Waals surface area contributed by atoms with Crippen LogP contribution in [0.15, 0.2) is 71.6 Å². The number of phenolic OH excluding ortho intramolecular Hbond substituents is 1. The van der Waals surface area contributed by atoms with E-state index in [9.17, 15) is 36.3 Å². The van der Waals surface area contributed by atoms with Crippen molar-refractivity contribution in [1.29, 1.82) is 0 Å². The van der Waals surface area contributed by atoms with Gasteiger partial charge in [0, 0.05) is 12.2 Å². The number of alkyl halides is 3. The number of benzene rings is 3. The Balaban J connectivity index is 1.90. The van der Waals surface area contributed by atoms with Crippen molar-refractivity contribution in [2.24, 2.45) is 0 Å². The summed E-state index contributed by atoms with van der Waals surface area (Å²) in [6.07, 6.45) is -4.92. The van der Waals surface area contributed by atoms with Crippen LogP contribution in [0.25, 0.3) is 0 Å². The fourth-order valence-electron chi connectivity index (χ4n) is 4.19. The molecule has 3 aromatic rings. The molecular formula is C25H20ClF3N2O6S. The number of amides is 1. The lowest BCUT2D eigenvalue weighted by molar-refractivity contribution is -0.145. The number of hydrogen-bond acceptors (Lipinski definition) is 6. The number of methoxy groups -OCH3 is 1. The van der Waals surface area contributed by atoms with E-state index >= 15 is 0 Å². The number of anilines is 1. The first-order valence-electron chi connectivity index (χ1n) is 11.0. The minimum atomic E-state index is -4.92. The van der Waals surface area contributed by atoms with Crippen molar-refractivity contribution in [3.05, 3.63) is 88.4 Å². The van der Waals surface area contributed by atoms with Crippen LogP contribution in [0.5, 0.6) is 5.75 Å². The monoisotopic (exact) mass is 568 g/mol. The molecule has 38 heavy (non-hydrogen) atoms. The van der Waals surface area contributed by atoms with Gasteiger partial charge in [0.05, 0.1) is 34.7 Å². The number of phenols is 1. The Kier molecular flexibility index (Phi) is 7.42. The van der Waals surface area contributed by atoms with Gasteiger partial charge < -0.3 is 14.7 Å². The third-order valence-corrected chi connectivity index (χ3v) is 8.19. The molecule has 4 rings (SSSR count). The minimum absolute atomic E-state index is 0.0999. The van der Waals surface area contributed by atoms with Crippen LogP contribution in [-0.2, 0) is 32.3 Å². The molecule has 0 radical (unpaired) electrons. The Bertz CT molecular complexity index is 1500. The summed E-state index contributed by atoms with van der Waals surface area (Å²) in [5.74, 6) is -2.40. The second-order valence-corrected chi connectivity index (χ2v) is 10.6. The quantitative estimate of drug-likeness (QED) is 0.466. The minimum Gasteiger partial charge on any atom is -0.508 e. The standard InChI is InChI=1S/C25H20ClF3N2O6S/c1-37-24(34)21-14-30(23(33)22-18(25(27,28)29)6-4-7-19(22)26)20-8-3-2-5-15(20)13-31(21)38(35,36)17-11-9-16(32)10-12-17/h2-12,21,32H,13-14H2,1H3. The Morgan fingerprint density at radius 1 is 1.03 bits per heavy atom. The molecule has 1 aliphatic heterocycles. The molecule has 0 saturated heterocycles. The molecule has 0 bridgehead atoms. The normalized spacial score (nSPS) is 16.4. The van der Waals surface area contributed by atoms with Crippen LogP contribution in [0, 0.1) is 0 Å². The van der Waals surface area contributed by atoms with Gasteiger partial charge in [0.25, 0.3) is 5.91 Å². The van der Waals surface area contributed by atoms with E-state index in [1.54, 1.807) is 6.07 Å². The van der Waals surface area contributed by atoms with E-state index in [0.29, 0.717) is 6.07 Å². The summed E-state index contributed by atoms with van der Waals surface area (Å²) in [6.45, 7) is -1.07. The number of ether oxygens (including phenoxy) is 1. The lowest BCUT2D eigenvalue weighted by Crippen LogP contribution is -2.50. The average Bonchev–Trinajstić information content (AvgIpc) is 3.05. The number of nitrogens with zero attached hydrogens (tertiary/aromatic N) is 2. The van der Waals surface area contributed by atoms with Gasteiger partial charge in [-0.3, -0.25) is 9.59 Å². The zero-order valence-electron chi connectivity index (χ0n) is 19.6. The first-order chi connectivity index (χ1) is 17.9. The van der Waals surface area contributed by atoms with Gasteiger partial charge >= 0.3 is 12.1 Å². The Labute approximate surface area is 220 Å². The van der Waals surface area contributed by atoms with E-state index in [0.717, 1.165) is 52.7 Å². The molecule has 8 nitrogen and oxygen atoms in total. The summed E-state index contributed by atoms with van der Waals surface area (Å²) in [5, 5.41) is 9.11. The molecule has 200 valence electrons. The largest absolute Gasteiger partial charge is 0.508 e. The zero-order chi connectivity index (χ0) is 27.8. The van der Waals surface area contributed by atoms with Gasteiger partial charge in [-0.15, -0.1) is 0 Å². The van der Waals surface area contributed by atoms with Gasteiger partial charge in [-0.2, -0.15) is 17.5 Å². The summed E-state index contributed by atoms with van der Waals surface area (Å²) in [6, 6.07) is 11.8. The van der Waals surface area contributed by atoms with E-state index in [1.807, 2.05) is 0 Å². The van der Waals surface area contributed by atoms with Crippen molar-refractivity contribution in [2.75, 3.05) is 18.6 Å². The number of rotatable bonds is 4. The zero-order valence-corrected chi connectivity index (χ0v) is 21.2. The van der Waals surface area contributed by atoms with Crippen LogP contribution in [0.2, 0.25) is 5.02 Å². The molecule has 1 amide bonds. The van der Waals surface area contributed by atoms with Crippen molar-refractivity contribution < 1.29 is 41.0 Å². The third kappa shape index (κ3) is 5.06. The molecule has 0 aliphatic carbocycles. The lowest BCUT2D eigenvalue weighted by Gasteiger charge is -2.30. The van der Waals surface area contributed by atoms with Gasteiger partial charge in [-0.05, 0) is 48.0 Å². The van der Waals surface area contributed by atoms with Crippen LogP contribution in [0.3, 0.4) is 0 Å². The summed E-state index contributed by atoms with van der Waals surface area (Å²) in [7, 11) is -3.40. The van der Waals surface area contributed by atoms with E-state index in [2.05, 4.69) is 0 Å². The Morgan fingerprint density at radius 2 is 1.68 bits per heavy atom. The van der Waals surface area contributed by atoms with Crippen molar-refractivity contribution in [3.63, 3.8) is 0 Å². The number of esters is 1. The second kappa shape index (κ2) is 10.3. The van der Waals surface area contributed by atoms with Crippen LogP contribution < -0.4 is 4.90 Å². The number of carbonyl (C=O) groups is 2. The molecule has 0 saturated carbocycles. The van der Waals surface area contributed by atoms with Gasteiger partial charge in [0.1, 0.15) is 11.8 Å². The lowest BCUT2D eigenvalue weighted by atomic mass is 10.0.